The zero-order chi connectivity index (χ0) is 21.8. The molecule has 0 bridgehead atoms. The molecule has 1 aromatic carbocycles. The molecule has 1 unspecified atom stereocenters. The molecule has 2 rings (SSSR count). The molecule has 2 nitrogen and oxygen atoms in total. The maximum absolute atomic E-state index is 12.9. The van der Waals surface area contributed by atoms with Gasteiger partial charge in [0.25, 0.3) is 0 Å². The minimum Gasteiger partial charge on any atom is -0.289 e. The predicted molar refractivity (Wildman–Crippen MR) is 122 cm³/mol. The van der Waals surface area contributed by atoms with Gasteiger partial charge in [0, 0.05) is 22.3 Å². The molecule has 0 saturated carbocycles. The van der Waals surface area contributed by atoms with Gasteiger partial charge in [-0.3, -0.25) is 9.59 Å². The Bertz CT molecular complexity index is 821. The standard InChI is InChI=1S/C27H38O2/c1-18(2)16-19(3)14-15-27(6,7)17-20(4)12-13-22-21(5)25(28)23-10-8-9-11-24(23)26(22)29/h8-12,18-19H,13-17H2,1-7H3. The van der Waals surface area contributed by atoms with E-state index in [9.17, 15) is 9.59 Å². The van der Waals surface area contributed by atoms with E-state index in [2.05, 4.69) is 47.6 Å². The van der Waals surface area contributed by atoms with E-state index >= 15 is 0 Å². The van der Waals surface area contributed by atoms with Crippen molar-refractivity contribution in [3.05, 3.63) is 58.2 Å². The van der Waals surface area contributed by atoms with Crippen molar-refractivity contribution in [1.82, 2.24) is 0 Å². The van der Waals surface area contributed by atoms with Crippen LogP contribution in [-0.2, 0) is 0 Å². The molecule has 0 aliphatic heterocycles. The van der Waals surface area contributed by atoms with Crippen molar-refractivity contribution in [2.75, 3.05) is 0 Å². The Morgan fingerprint density at radius 3 is 2.21 bits per heavy atom. The van der Waals surface area contributed by atoms with E-state index in [0.29, 0.717) is 28.7 Å². The number of hydrogen-bond donors (Lipinski definition) is 0. The first kappa shape index (κ1) is 23.3. The number of rotatable bonds is 9. The summed E-state index contributed by atoms with van der Waals surface area (Å²) in [5, 5.41) is 0. The molecule has 0 N–H and O–H groups in total. The Morgan fingerprint density at radius 2 is 1.62 bits per heavy atom. The molecule has 0 amide bonds. The number of hydrogen-bond acceptors (Lipinski definition) is 2. The van der Waals surface area contributed by atoms with Crippen molar-refractivity contribution in [1.29, 1.82) is 0 Å². The highest BCUT2D eigenvalue weighted by Gasteiger charge is 2.29. The minimum atomic E-state index is -0.0132. The van der Waals surface area contributed by atoms with E-state index in [1.807, 2.05) is 12.1 Å². The molecule has 2 heteroatoms. The lowest BCUT2D eigenvalue weighted by molar-refractivity contribution is 0.0973. The largest absolute Gasteiger partial charge is 0.289 e. The number of benzene rings is 1. The summed E-state index contributed by atoms with van der Waals surface area (Å²) in [5.41, 5.74) is 3.87. The second-order valence-corrected chi connectivity index (χ2v) is 10.2. The topological polar surface area (TPSA) is 34.1 Å². The van der Waals surface area contributed by atoms with Gasteiger partial charge in [0.15, 0.2) is 11.6 Å². The van der Waals surface area contributed by atoms with Gasteiger partial charge in [-0.25, -0.2) is 0 Å². The van der Waals surface area contributed by atoms with Gasteiger partial charge < -0.3 is 0 Å². The third-order valence-corrected chi connectivity index (χ3v) is 6.08. The molecule has 0 aromatic heterocycles. The van der Waals surface area contributed by atoms with Gasteiger partial charge in [-0.05, 0) is 56.8 Å². The van der Waals surface area contributed by atoms with Crippen LogP contribution in [0.3, 0.4) is 0 Å². The lowest BCUT2D eigenvalue weighted by atomic mass is 9.78. The second kappa shape index (κ2) is 9.69. The van der Waals surface area contributed by atoms with Crippen molar-refractivity contribution in [3.63, 3.8) is 0 Å². The van der Waals surface area contributed by atoms with E-state index in [1.165, 1.54) is 24.8 Å². The van der Waals surface area contributed by atoms with E-state index < -0.39 is 0 Å². The van der Waals surface area contributed by atoms with Gasteiger partial charge >= 0.3 is 0 Å². The zero-order valence-corrected chi connectivity index (χ0v) is 19.4. The van der Waals surface area contributed by atoms with Crippen molar-refractivity contribution < 1.29 is 9.59 Å². The van der Waals surface area contributed by atoms with Crippen LogP contribution in [0.25, 0.3) is 0 Å². The minimum absolute atomic E-state index is 0.00326. The molecule has 29 heavy (non-hydrogen) atoms. The predicted octanol–water partition coefficient (Wildman–Crippen LogP) is 7.60. The van der Waals surface area contributed by atoms with Crippen molar-refractivity contribution >= 4 is 11.6 Å². The first-order chi connectivity index (χ1) is 13.5. The van der Waals surface area contributed by atoms with Gasteiger partial charge in [0.2, 0.25) is 0 Å². The second-order valence-electron chi connectivity index (χ2n) is 10.2. The summed E-state index contributed by atoms with van der Waals surface area (Å²) in [7, 11) is 0. The van der Waals surface area contributed by atoms with E-state index in [1.54, 1.807) is 19.1 Å². The smallest absolute Gasteiger partial charge is 0.190 e. The third-order valence-electron chi connectivity index (χ3n) is 6.08. The first-order valence-corrected chi connectivity index (χ1v) is 11.1. The van der Waals surface area contributed by atoms with Crippen LogP contribution < -0.4 is 0 Å². The molecule has 1 aromatic rings. The Balaban J connectivity index is 2.03. The van der Waals surface area contributed by atoms with E-state index in [4.69, 9.17) is 0 Å². The fraction of sp³-hybridized carbons (Fsp3) is 0.556. The van der Waals surface area contributed by atoms with Crippen molar-refractivity contribution in [2.45, 2.75) is 80.6 Å². The quantitative estimate of drug-likeness (QED) is 0.404. The van der Waals surface area contributed by atoms with Crippen LogP contribution in [0.5, 0.6) is 0 Å². The molecule has 1 aliphatic rings. The molecule has 0 radical (unpaired) electrons. The Morgan fingerprint density at radius 1 is 1.03 bits per heavy atom. The van der Waals surface area contributed by atoms with Gasteiger partial charge in [0.05, 0.1) is 0 Å². The zero-order valence-electron chi connectivity index (χ0n) is 19.4. The van der Waals surface area contributed by atoms with Crippen LogP contribution in [0.15, 0.2) is 47.1 Å². The van der Waals surface area contributed by atoms with Crippen molar-refractivity contribution in [3.8, 4) is 0 Å². The Kier molecular flexibility index (Phi) is 7.80. The Labute approximate surface area is 177 Å². The van der Waals surface area contributed by atoms with Gasteiger partial charge in [-0.2, -0.15) is 0 Å². The maximum atomic E-state index is 12.9. The Hall–Kier alpha value is -1.96. The molecule has 1 atom stereocenters. The SMILES string of the molecule is CC(=CCC1=C(C)C(=O)c2ccccc2C1=O)CC(C)(C)CCC(C)CC(C)C. The van der Waals surface area contributed by atoms with Gasteiger partial charge in [0.1, 0.15) is 0 Å². The van der Waals surface area contributed by atoms with Crippen LogP contribution in [0.2, 0.25) is 0 Å². The highest BCUT2D eigenvalue weighted by atomic mass is 16.1. The summed E-state index contributed by atoms with van der Waals surface area (Å²) in [6.07, 6.45) is 7.46. The van der Waals surface area contributed by atoms with Crippen LogP contribution in [0.1, 0.15) is 101 Å². The molecule has 1 aliphatic carbocycles. The third kappa shape index (κ3) is 6.26. The number of ketones is 2. The van der Waals surface area contributed by atoms with E-state index in [-0.39, 0.29) is 17.0 Å². The van der Waals surface area contributed by atoms with Crippen molar-refractivity contribution in [2.24, 2.45) is 17.3 Å². The summed E-state index contributed by atoms with van der Waals surface area (Å²) in [6, 6.07) is 7.16. The summed E-state index contributed by atoms with van der Waals surface area (Å²) < 4.78 is 0. The first-order valence-electron chi connectivity index (χ1n) is 11.1. The summed E-state index contributed by atoms with van der Waals surface area (Å²) in [6.45, 7) is 15.6. The maximum Gasteiger partial charge on any atom is 0.190 e. The average Bonchev–Trinajstić information content (AvgIpc) is 2.64. The van der Waals surface area contributed by atoms with Crippen LogP contribution in [0.4, 0.5) is 0 Å². The molecular formula is C27H38O2. The molecule has 0 spiro atoms. The number of carbonyl (C=O) groups is 2. The number of Topliss-reactive ketones (excluding diaryl/α,β-unsaturated/α-hetero) is 2. The molecule has 0 saturated heterocycles. The molecule has 0 fully saturated rings. The molecule has 0 heterocycles. The van der Waals surface area contributed by atoms with Crippen LogP contribution in [-0.4, -0.2) is 11.6 Å². The average molecular weight is 395 g/mol. The molecule has 158 valence electrons. The fourth-order valence-electron chi connectivity index (χ4n) is 4.55. The summed E-state index contributed by atoms with van der Waals surface area (Å²) >= 11 is 0. The number of carbonyl (C=O) groups excluding carboxylic acids is 2. The monoisotopic (exact) mass is 394 g/mol. The highest BCUT2D eigenvalue weighted by molar-refractivity contribution is 6.26. The van der Waals surface area contributed by atoms with Gasteiger partial charge in [-0.15, -0.1) is 0 Å². The summed E-state index contributed by atoms with van der Waals surface area (Å²) in [4.78, 5) is 25.5. The fourth-order valence-corrected chi connectivity index (χ4v) is 4.55. The lowest BCUT2D eigenvalue weighted by Crippen LogP contribution is -2.20. The normalized spacial score (nSPS) is 16.5. The lowest BCUT2D eigenvalue weighted by Gasteiger charge is -2.27. The van der Waals surface area contributed by atoms with E-state index in [0.717, 1.165) is 18.3 Å². The summed E-state index contributed by atoms with van der Waals surface area (Å²) in [5.74, 6) is 1.51. The number of allylic oxidation sites excluding steroid dienone is 4. The van der Waals surface area contributed by atoms with Crippen LogP contribution >= 0.6 is 0 Å². The van der Waals surface area contributed by atoms with Gasteiger partial charge in [-0.1, -0.05) is 77.0 Å². The molecular weight excluding hydrogens is 356 g/mol. The highest BCUT2D eigenvalue weighted by Crippen LogP contribution is 2.34. The number of fused-ring (bicyclic) bond motifs is 1. The van der Waals surface area contributed by atoms with Crippen LogP contribution in [0, 0.1) is 17.3 Å².